The maximum absolute atomic E-state index is 13.1. The van der Waals surface area contributed by atoms with E-state index >= 15 is 0 Å². The summed E-state index contributed by atoms with van der Waals surface area (Å²) in [6.07, 6.45) is 0. The minimum absolute atomic E-state index is 0.0162. The molecule has 1 atom stereocenters. The van der Waals surface area contributed by atoms with Crippen molar-refractivity contribution in [3.8, 4) is 5.75 Å². The van der Waals surface area contributed by atoms with Crippen LogP contribution in [0, 0.1) is 20.8 Å². The number of sulfonamides is 1. The lowest BCUT2D eigenvalue weighted by Crippen LogP contribution is -2.37. The van der Waals surface area contributed by atoms with Crippen LogP contribution in [0.25, 0.3) is 0 Å². The van der Waals surface area contributed by atoms with Crippen LogP contribution in [0.2, 0.25) is 0 Å². The number of benzene rings is 2. The van der Waals surface area contributed by atoms with E-state index in [0.29, 0.717) is 17.0 Å². The second kappa shape index (κ2) is 7.57. The Morgan fingerprint density at radius 3 is 2.18 bits per heavy atom. The molecule has 0 aliphatic rings. The minimum atomic E-state index is -3.97. The number of carbonyl (C=O) groups is 1. The molecule has 1 heterocycles. The van der Waals surface area contributed by atoms with Gasteiger partial charge in [-0.25, -0.2) is 13.1 Å². The smallest absolute Gasteiger partial charge is 0.269 e. The number of nitrogens with one attached hydrogen (secondary N) is 1. The second-order valence-corrected chi connectivity index (χ2v) is 8.35. The molecule has 2 aromatic carbocycles. The third-order valence-corrected chi connectivity index (χ3v) is 5.73. The van der Waals surface area contributed by atoms with E-state index in [9.17, 15) is 18.3 Å². The molecular formula is C20H21N3O4S. The summed E-state index contributed by atoms with van der Waals surface area (Å²) >= 11 is 0. The predicted octanol–water partition coefficient (Wildman–Crippen LogP) is 2.87. The number of phenolic OH excluding ortho intramolecular Hbond substituents is 1. The molecule has 0 fully saturated rings. The molecule has 0 saturated carbocycles. The average molecular weight is 399 g/mol. The molecule has 0 saturated heterocycles. The molecule has 3 aromatic rings. The zero-order valence-electron chi connectivity index (χ0n) is 15.7. The predicted molar refractivity (Wildman–Crippen MR) is 105 cm³/mol. The summed E-state index contributed by atoms with van der Waals surface area (Å²) < 4.78 is 29.4. The van der Waals surface area contributed by atoms with E-state index in [-0.39, 0.29) is 10.6 Å². The average Bonchev–Trinajstić information content (AvgIpc) is 2.98. The largest absolute Gasteiger partial charge is 0.508 e. The number of phenols is 1. The maximum atomic E-state index is 13.1. The lowest BCUT2D eigenvalue weighted by molar-refractivity contribution is 0.0851. The first-order valence-electron chi connectivity index (χ1n) is 8.63. The summed E-state index contributed by atoms with van der Waals surface area (Å²) in [4.78, 5) is 13.2. The number of hydrogen-bond donors (Lipinski definition) is 2. The van der Waals surface area contributed by atoms with E-state index in [0.717, 1.165) is 5.56 Å². The molecule has 8 heteroatoms. The van der Waals surface area contributed by atoms with E-state index in [1.807, 2.05) is 6.92 Å². The van der Waals surface area contributed by atoms with E-state index in [1.54, 1.807) is 32.0 Å². The van der Waals surface area contributed by atoms with E-state index < -0.39 is 22.0 Å². The molecule has 0 bridgehead atoms. The Morgan fingerprint density at radius 2 is 1.64 bits per heavy atom. The van der Waals surface area contributed by atoms with Gasteiger partial charge in [-0.1, -0.05) is 29.8 Å². The molecule has 0 aliphatic heterocycles. The van der Waals surface area contributed by atoms with Gasteiger partial charge in [0.15, 0.2) is 0 Å². The number of aryl methyl sites for hydroxylation is 3. The Bertz CT molecular complexity index is 1100. The summed E-state index contributed by atoms with van der Waals surface area (Å²) in [5, 5.41) is 13.7. The minimum Gasteiger partial charge on any atom is -0.508 e. The Kier molecular flexibility index (Phi) is 5.35. The lowest BCUT2D eigenvalue weighted by atomic mass is 10.1. The standard InChI is InChI=1S/C20H21N3O4S/c1-13-4-10-18(11-5-13)28(26,27)22-19(16-6-8-17(24)9-7-16)20(25)23-15(3)12-14(2)21-23/h4-12,19,22,24H,1-3H3/t19-/m0/s1. The molecule has 0 amide bonds. The fraction of sp³-hybridized carbons (Fsp3) is 0.200. The van der Waals surface area contributed by atoms with Gasteiger partial charge in [-0.15, -0.1) is 0 Å². The number of nitrogens with zero attached hydrogens (tertiary/aromatic N) is 2. The Morgan fingerprint density at radius 1 is 1.04 bits per heavy atom. The lowest BCUT2D eigenvalue weighted by Gasteiger charge is -2.19. The molecular weight excluding hydrogens is 378 g/mol. The summed E-state index contributed by atoms with van der Waals surface area (Å²) in [7, 11) is -3.97. The van der Waals surface area contributed by atoms with Crippen LogP contribution >= 0.6 is 0 Å². The zero-order chi connectivity index (χ0) is 20.5. The van der Waals surface area contributed by atoms with Crippen molar-refractivity contribution in [1.29, 1.82) is 0 Å². The molecule has 0 radical (unpaired) electrons. The highest BCUT2D eigenvalue weighted by atomic mass is 32.2. The van der Waals surface area contributed by atoms with Crippen LogP contribution in [0.15, 0.2) is 59.5 Å². The highest BCUT2D eigenvalue weighted by molar-refractivity contribution is 7.89. The van der Waals surface area contributed by atoms with Crippen molar-refractivity contribution in [2.75, 3.05) is 0 Å². The highest BCUT2D eigenvalue weighted by Gasteiger charge is 2.29. The first-order chi connectivity index (χ1) is 13.2. The van der Waals surface area contributed by atoms with Crippen molar-refractivity contribution in [3.63, 3.8) is 0 Å². The Balaban J connectivity index is 2.03. The molecule has 2 N–H and O–H groups in total. The van der Waals surface area contributed by atoms with Crippen molar-refractivity contribution < 1.29 is 18.3 Å². The third kappa shape index (κ3) is 4.13. The Hall–Kier alpha value is -2.97. The monoisotopic (exact) mass is 399 g/mol. The number of hydrogen-bond acceptors (Lipinski definition) is 5. The van der Waals surface area contributed by atoms with Gasteiger partial charge >= 0.3 is 0 Å². The fourth-order valence-corrected chi connectivity index (χ4v) is 4.02. The summed E-state index contributed by atoms with van der Waals surface area (Å²) in [5.74, 6) is -0.519. The van der Waals surface area contributed by atoms with E-state index in [2.05, 4.69) is 9.82 Å². The van der Waals surface area contributed by atoms with Crippen LogP contribution in [0.1, 0.15) is 33.4 Å². The SMILES string of the molecule is Cc1ccc(S(=O)(=O)N[C@H](C(=O)n2nc(C)cc2C)c2ccc(O)cc2)cc1. The summed E-state index contributed by atoms with van der Waals surface area (Å²) in [6.45, 7) is 5.33. The highest BCUT2D eigenvalue weighted by Crippen LogP contribution is 2.22. The molecule has 146 valence electrons. The van der Waals surface area contributed by atoms with Crippen molar-refractivity contribution in [3.05, 3.63) is 77.1 Å². The number of aromatic nitrogens is 2. The van der Waals surface area contributed by atoms with Gasteiger partial charge in [-0.2, -0.15) is 9.82 Å². The van der Waals surface area contributed by atoms with Crippen molar-refractivity contribution in [1.82, 2.24) is 14.5 Å². The van der Waals surface area contributed by atoms with Gasteiger partial charge in [-0.3, -0.25) is 4.79 Å². The van der Waals surface area contributed by atoms with Crippen molar-refractivity contribution >= 4 is 15.9 Å². The van der Waals surface area contributed by atoms with Crippen LogP contribution < -0.4 is 4.72 Å². The normalized spacial score (nSPS) is 12.7. The zero-order valence-corrected chi connectivity index (χ0v) is 16.6. The van der Waals surface area contributed by atoms with Crippen LogP contribution in [0.3, 0.4) is 0 Å². The van der Waals surface area contributed by atoms with Crippen LogP contribution in [-0.2, 0) is 10.0 Å². The molecule has 3 rings (SSSR count). The first-order valence-corrected chi connectivity index (χ1v) is 10.1. The Labute approximate surface area is 163 Å². The fourth-order valence-electron chi connectivity index (χ4n) is 2.84. The van der Waals surface area contributed by atoms with Crippen LogP contribution in [-0.4, -0.2) is 29.2 Å². The second-order valence-electron chi connectivity index (χ2n) is 6.64. The summed E-state index contributed by atoms with van der Waals surface area (Å²) in [5.41, 5.74) is 2.57. The van der Waals surface area contributed by atoms with Gasteiger partial charge in [0.1, 0.15) is 11.8 Å². The third-order valence-electron chi connectivity index (χ3n) is 4.30. The molecule has 28 heavy (non-hydrogen) atoms. The molecule has 0 aliphatic carbocycles. The van der Waals surface area contributed by atoms with Crippen molar-refractivity contribution in [2.24, 2.45) is 0 Å². The van der Waals surface area contributed by atoms with Crippen LogP contribution in [0.4, 0.5) is 0 Å². The molecule has 0 unspecified atom stereocenters. The maximum Gasteiger partial charge on any atom is 0.269 e. The van der Waals surface area contributed by atoms with Crippen LogP contribution in [0.5, 0.6) is 5.75 Å². The molecule has 0 spiro atoms. The van der Waals surface area contributed by atoms with Gasteiger partial charge in [-0.05, 0) is 56.7 Å². The summed E-state index contributed by atoms with van der Waals surface area (Å²) in [6, 6.07) is 12.7. The first kappa shape index (κ1) is 19.8. The van der Waals surface area contributed by atoms with Crippen molar-refractivity contribution in [2.45, 2.75) is 31.7 Å². The molecule has 7 nitrogen and oxygen atoms in total. The van der Waals surface area contributed by atoms with Gasteiger partial charge in [0.25, 0.3) is 5.91 Å². The topological polar surface area (TPSA) is 101 Å². The molecule has 1 aromatic heterocycles. The quantitative estimate of drug-likeness (QED) is 0.687. The number of aromatic hydroxyl groups is 1. The van der Waals surface area contributed by atoms with Gasteiger partial charge in [0.05, 0.1) is 10.6 Å². The van der Waals surface area contributed by atoms with Gasteiger partial charge < -0.3 is 5.11 Å². The number of rotatable bonds is 5. The van der Waals surface area contributed by atoms with E-state index in [1.165, 1.54) is 41.1 Å². The van der Waals surface area contributed by atoms with Gasteiger partial charge in [0, 0.05) is 5.69 Å². The number of carbonyl (C=O) groups excluding carboxylic acids is 1. The van der Waals surface area contributed by atoms with E-state index in [4.69, 9.17) is 0 Å². The van der Waals surface area contributed by atoms with Gasteiger partial charge in [0.2, 0.25) is 10.0 Å².